The zero-order chi connectivity index (χ0) is 15.0. The first-order valence-corrected chi connectivity index (χ1v) is 7.76. The Morgan fingerprint density at radius 3 is 2.60 bits per heavy atom. The molecule has 7 heteroatoms. The maximum atomic E-state index is 12.5. The molecule has 2 N–H and O–H groups in total. The van der Waals surface area contributed by atoms with E-state index in [0.717, 1.165) is 0 Å². The van der Waals surface area contributed by atoms with Crippen LogP contribution in [0.5, 0.6) is 11.5 Å². The third-order valence-corrected chi connectivity index (χ3v) is 5.05. The van der Waals surface area contributed by atoms with Crippen molar-refractivity contribution in [2.24, 2.45) is 11.1 Å². The smallest absolute Gasteiger partial charge is 0.242 e. The lowest BCUT2D eigenvalue weighted by Gasteiger charge is -2.28. The number of fused-ring (bicyclic) bond motifs is 1. The van der Waals surface area contributed by atoms with Crippen LogP contribution in [0.15, 0.2) is 23.1 Å². The van der Waals surface area contributed by atoms with Crippen molar-refractivity contribution in [1.29, 1.82) is 0 Å². The van der Waals surface area contributed by atoms with Crippen molar-refractivity contribution < 1.29 is 17.9 Å². The molecule has 0 saturated carbocycles. The highest BCUT2D eigenvalue weighted by Gasteiger charge is 2.28. The summed E-state index contributed by atoms with van der Waals surface area (Å²) in [5.41, 5.74) is 5.37. The third kappa shape index (κ3) is 2.89. The van der Waals surface area contributed by atoms with Crippen molar-refractivity contribution >= 4 is 10.0 Å². The largest absolute Gasteiger partial charge is 0.454 e. The highest BCUT2D eigenvalue weighted by molar-refractivity contribution is 7.89. The van der Waals surface area contributed by atoms with Crippen molar-refractivity contribution in [2.45, 2.75) is 18.7 Å². The molecular weight excluding hydrogens is 280 g/mol. The van der Waals surface area contributed by atoms with Gasteiger partial charge in [-0.1, -0.05) is 13.8 Å². The Hall–Kier alpha value is -1.31. The average Bonchev–Trinajstić information content (AvgIpc) is 2.85. The molecule has 1 aromatic rings. The fraction of sp³-hybridized carbons (Fsp3) is 0.538. The Balaban J connectivity index is 2.26. The summed E-state index contributed by atoms with van der Waals surface area (Å²) in [6.07, 6.45) is 0. The van der Waals surface area contributed by atoms with Crippen LogP contribution in [-0.2, 0) is 10.0 Å². The van der Waals surface area contributed by atoms with Gasteiger partial charge in [-0.15, -0.1) is 0 Å². The normalized spacial score (nSPS) is 14.8. The van der Waals surface area contributed by atoms with Gasteiger partial charge < -0.3 is 15.2 Å². The summed E-state index contributed by atoms with van der Waals surface area (Å²) in [5, 5.41) is 0. The molecule has 1 aromatic carbocycles. The van der Waals surface area contributed by atoms with E-state index in [1.165, 1.54) is 16.4 Å². The van der Waals surface area contributed by atoms with E-state index in [0.29, 0.717) is 24.6 Å². The van der Waals surface area contributed by atoms with Gasteiger partial charge in [0, 0.05) is 19.7 Å². The summed E-state index contributed by atoms with van der Waals surface area (Å²) in [6.45, 7) is 4.74. The third-order valence-electron chi connectivity index (χ3n) is 3.26. The van der Waals surface area contributed by atoms with E-state index in [1.54, 1.807) is 13.1 Å². The van der Waals surface area contributed by atoms with Gasteiger partial charge in [-0.3, -0.25) is 0 Å². The van der Waals surface area contributed by atoms with E-state index >= 15 is 0 Å². The number of nitrogens with two attached hydrogens (primary N) is 1. The van der Waals surface area contributed by atoms with Gasteiger partial charge in [-0.2, -0.15) is 0 Å². The first-order valence-electron chi connectivity index (χ1n) is 6.32. The number of sulfonamides is 1. The van der Waals surface area contributed by atoms with Crippen LogP contribution in [0.3, 0.4) is 0 Å². The molecule has 6 nitrogen and oxygen atoms in total. The summed E-state index contributed by atoms with van der Waals surface area (Å²) >= 11 is 0. The van der Waals surface area contributed by atoms with E-state index < -0.39 is 10.0 Å². The fourth-order valence-electron chi connectivity index (χ4n) is 1.97. The number of ether oxygens (including phenoxy) is 2. The van der Waals surface area contributed by atoms with Gasteiger partial charge in [0.1, 0.15) is 0 Å². The molecular formula is C13H20N2O4S. The summed E-state index contributed by atoms with van der Waals surface area (Å²) in [4.78, 5) is 0.192. The lowest BCUT2D eigenvalue weighted by atomic mass is 9.94. The molecule has 20 heavy (non-hydrogen) atoms. The van der Waals surface area contributed by atoms with Crippen LogP contribution < -0.4 is 15.2 Å². The molecule has 0 bridgehead atoms. The van der Waals surface area contributed by atoms with Crippen LogP contribution in [0.1, 0.15) is 13.8 Å². The van der Waals surface area contributed by atoms with Crippen molar-refractivity contribution in [3.63, 3.8) is 0 Å². The van der Waals surface area contributed by atoms with Gasteiger partial charge in [0.25, 0.3) is 0 Å². The minimum absolute atomic E-state index is 0.120. The van der Waals surface area contributed by atoms with Crippen LogP contribution in [0, 0.1) is 5.41 Å². The zero-order valence-corrected chi connectivity index (χ0v) is 12.7. The van der Waals surface area contributed by atoms with Crippen molar-refractivity contribution in [3.05, 3.63) is 18.2 Å². The second kappa shape index (κ2) is 5.23. The van der Waals surface area contributed by atoms with Crippen molar-refractivity contribution in [2.75, 3.05) is 26.9 Å². The molecule has 1 heterocycles. The predicted octanol–water partition coefficient (Wildman–Crippen LogP) is 1.02. The Kier molecular flexibility index (Phi) is 3.95. The monoisotopic (exact) mass is 300 g/mol. The lowest BCUT2D eigenvalue weighted by Crippen LogP contribution is -2.39. The summed E-state index contributed by atoms with van der Waals surface area (Å²) in [7, 11) is -2.01. The second-order valence-corrected chi connectivity index (χ2v) is 7.69. The van der Waals surface area contributed by atoms with E-state index in [1.807, 2.05) is 13.8 Å². The maximum Gasteiger partial charge on any atom is 0.242 e. The standard InChI is InChI=1S/C13H20N2O4S/c1-13(2,7-14)8-15(3)20(16,17)10-4-5-11-12(6-10)19-9-18-11/h4-6H,7-9,14H2,1-3H3. The number of hydrogen-bond acceptors (Lipinski definition) is 5. The molecule has 0 unspecified atom stereocenters. The van der Waals surface area contributed by atoms with Gasteiger partial charge in [0.2, 0.25) is 16.8 Å². The minimum Gasteiger partial charge on any atom is -0.454 e. The second-order valence-electron chi connectivity index (χ2n) is 5.64. The van der Waals surface area contributed by atoms with E-state index in [4.69, 9.17) is 15.2 Å². The molecule has 112 valence electrons. The zero-order valence-electron chi connectivity index (χ0n) is 11.9. The molecule has 1 aliphatic heterocycles. The molecule has 0 saturated heterocycles. The SMILES string of the molecule is CN(CC(C)(C)CN)S(=O)(=O)c1ccc2c(c1)OCO2. The summed E-state index contributed by atoms with van der Waals surface area (Å²) in [6, 6.07) is 4.62. The van der Waals surface area contributed by atoms with Gasteiger partial charge >= 0.3 is 0 Å². The Morgan fingerprint density at radius 2 is 1.95 bits per heavy atom. The fourth-order valence-corrected chi connectivity index (χ4v) is 3.34. The Labute approximate surface area is 119 Å². The Morgan fingerprint density at radius 1 is 1.30 bits per heavy atom. The minimum atomic E-state index is -3.56. The number of nitrogens with zero attached hydrogens (tertiary/aromatic N) is 1. The van der Waals surface area contributed by atoms with Crippen molar-refractivity contribution in [1.82, 2.24) is 4.31 Å². The highest BCUT2D eigenvalue weighted by atomic mass is 32.2. The maximum absolute atomic E-state index is 12.5. The number of benzene rings is 1. The molecule has 0 atom stereocenters. The first kappa shape index (κ1) is 15.1. The van der Waals surface area contributed by atoms with Gasteiger partial charge in [0.05, 0.1) is 4.90 Å². The van der Waals surface area contributed by atoms with Gasteiger partial charge in [-0.25, -0.2) is 12.7 Å². The molecule has 0 aromatic heterocycles. The first-order chi connectivity index (χ1) is 9.26. The van der Waals surface area contributed by atoms with E-state index in [2.05, 4.69) is 0 Å². The molecule has 0 radical (unpaired) electrons. The van der Waals surface area contributed by atoms with Gasteiger partial charge in [0.15, 0.2) is 11.5 Å². The predicted molar refractivity (Wildman–Crippen MR) is 75.2 cm³/mol. The lowest BCUT2D eigenvalue weighted by molar-refractivity contribution is 0.174. The van der Waals surface area contributed by atoms with Crippen LogP contribution in [0.2, 0.25) is 0 Å². The molecule has 1 aliphatic rings. The molecule has 2 rings (SSSR count). The van der Waals surface area contributed by atoms with E-state index in [9.17, 15) is 8.42 Å². The van der Waals surface area contributed by atoms with E-state index in [-0.39, 0.29) is 17.1 Å². The molecule has 0 fully saturated rings. The molecule has 0 amide bonds. The highest BCUT2D eigenvalue weighted by Crippen LogP contribution is 2.34. The quantitative estimate of drug-likeness (QED) is 0.878. The van der Waals surface area contributed by atoms with Crippen LogP contribution >= 0.6 is 0 Å². The number of hydrogen-bond donors (Lipinski definition) is 1. The van der Waals surface area contributed by atoms with Crippen LogP contribution in [0.4, 0.5) is 0 Å². The van der Waals surface area contributed by atoms with Gasteiger partial charge in [-0.05, 0) is 24.1 Å². The molecule has 0 aliphatic carbocycles. The Bertz CT molecular complexity index is 598. The molecule has 0 spiro atoms. The number of rotatable bonds is 5. The van der Waals surface area contributed by atoms with Crippen LogP contribution in [0.25, 0.3) is 0 Å². The topological polar surface area (TPSA) is 81.9 Å². The summed E-state index contributed by atoms with van der Waals surface area (Å²) < 4.78 is 36.7. The van der Waals surface area contributed by atoms with Crippen LogP contribution in [-0.4, -0.2) is 39.7 Å². The van der Waals surface area contributed by atoms with Crippen molar-refractivity contribution in [3.8, 4) is 11.5 Å². The summed E-state index contributed by atoms with van der Waals surface area (Å²) in [5.74, 6) is 1.02. The average molecular weight is 300 g/mol.